The summed E-state index contributed by atoms with van der Waals surface area (Å²) >= 11 is 0. The smallest absolute Gasteiger partial charge is 0.242 e. The number of hydrogen-bond acceptors (Lipinski definition) is 4. The molecule has 0 fully saturated rings. The van der Waals surface area contributed by atoms with Crippen molar-refractivity contribution in [2.75, 3.05) is 26.0 Å². The van der Waals surface area contributed by atoms with E-state index >= 15 is 0 Å². The van der Waals surface area contributed by atoms with Crippen LogP contribution in [0, 0.1) is 19.8 Å². The molecule has 0 bridgehead atoms. The maximum absolute atomic E-state index is 12.3. The number of sulfonamides is 1. The molecule has 1 aromatic rings. The van der Waals surface area contributed by atoms with Crippen LogP contribution >= 0.6 is 0 Å². The topological polar surface area (TPSA) is 81.4 Å². The maximum atomic E-state index is 12.3. The zero-order valence-corrected chi connectivity index (χ0v) is 12.7. The Morgan fingerprint density at radius 3 is 2.58 bits per heavy atom. The van der Waals surface area contributed by atoms with Crippen LogP contribution in [0.15, 0.2) is 17.0 Å². The van der Waals surface area contributed by atoms with E-state index in [0.717, 1.165) is 5.56 Å². The van der Waals surface area contributed by atoms with E-state index in [2.05, 4.69) is 4.72 Å². The van der Waals surface area contributed by atoms with Crippen LogP contribution < -0.4 is 10.5 Å². The summed E-state index contributed by atoms with van der Waals surface area (Å²) in [4.78, 5) is 0.178. The molecule has 0 radical (unpaired) electrons. The molecule has 0 spiro atoms. The van der Waals surface area contributed by atoms with Gasteiger partial charge in [-0.3, -0.25) is 0 Å². The molecule has 0 aromatic heterocycles. The molecule has 108 valence electrons. The molecule has 1 atom stereocenters. The highest BCUT2D eigenvalue weighted by atomic mass is 32.2. The van der Waals surface area contributed by atoms with Gasteiger partial charge in [0, 0.05) is 20.3 Å². The first-order chi connectivity index (χ1) is 8.79. The van der Waals surface area contributed by atoms with E-state index in [-0.39, 0.29) is 16.5 Å². The number of nitrogens with two attached hydrogens (primary N) is 1. The third-order valence-electron chi connectivity index (χ3n) is 3.05. The molecule has 0 heterocycles. The Hall–Kier alpha value is -1.11. The lowest BCUT2D eigenvalue weighted by Gasteiger charge is -2.15. The molecule has 0 saturated carbocycles. The van der Waals surface area contributed by atoms with Crippen LogP contribution in [0.4, 0.5) is 5.69 Å². The first-order valence-electron chi connectivity index (χ1n) is 6.14. The number of aryl methyl sites for hydroxylation is 1. The Balaban J connectivity index is 2.98. The van der Waals surface area contributed by atoms with Crippen molar-refractivity contribution in [1.82, 2.24) is 4.72 Å². The number of ether oxygens (including phenoxy) is 1. The third kappa shape index (κ3) is 3.92. The lowest BCUT2D eigenvalue weighted by atomic mass is 10.1. The van der Waals surface area contributed by atoms with Gasteiger partial charge >= 0.3 is 0 Å². The summed E-state index contributed by atoms with van der Waals surface area (Å²) in [6.07, 6.45) is 0. The average Bonchev–Trinajstić information content (AvgIpc) is 2.32. The van der Waals surface area contributed by atoms with Gasteiger partial charge in [-0.2, -0.15) is 0 Å². The van der Waals surface area contributed by atoms with E-state index in [4.69, 9.17) is 10.5 Å². The minimum atomic E-state index is -3.59. The minimum Gasteiger partial charge on any atom is -0.398 e. The summed E-state index contributed by atoms with van der Waals surface area (Å²) < 4.78 is 32.2. The molecule has 1 unspecified atom stereocenters. The number of anilines is 1. The van der Waals surface area contributed by atoms with Crippen LogP contribution in [0.2, 0.25) is 0 Å². The first-order valence-corrected chi connectivity index (χ1v) is 7.62. The molecule has 1 rings (SSSR count). The monoisotopic (exact) mass is 286 g/mol. The number of nitrogens with one attached hydrogen (secondary N) is 1. The number of methoxy groups -OCH3 is 1. The Morgan fingerprint density at radius 2 is 2.00 bits per heavy atom. The highest BCUT2D eigenvalue weighted by Gasteiger charge is 2.21. The molecule has 0 amide bonds. The molecule has 5 nitrogen and oxygen atoms in total. The fourth-order valence-corrected chi connectivity index (χ4v) is 3.43. The van der Waals surface area contributed by atoms with Crippen LogP contribution in [-0.2, 0) is 14.8 Å². The van der Waals surface area contributed by atoms with E-state index < -0.39 is 10.0 Å². The van der Waals surface area contributed by atoms with Gasteiger partial charge < -0.3 is 10.5 Å². The van der Waals surface area contributed by atoms with Crippen molar-refractivity contribution < 1.29 is 13.2 Å². The van der Waals surface area contributed by atoms with Crippen molar-refractivity contribution in [3.05, 3.63) is 23.3 Å². The Morgan fingerprint density at radius 1 is 1.37 bits per heavy atom. The van der Waals surface area contributed by atoms with Gasteiger partial charge in [-0.05, 0) is 37.0 Å². The summed E-state index contributed by atoms with van der Waals surface area (Å²) in [7, 11) is -2.00. The summed E-state index contributed by atoms with van der Waals surface area (Å²) in [5.41, 5.74) is 7.66. The van der Waals surface area contributed by atoms with Gasteiger partial charge in [-0.1, -0.05) is 13.0 Å². The zero-order chi connectivity index (χ0) is 14.6. The molecular weight excluding hydrogens is 264 g/mol. The molecule has 0 aliphatic rings. The SMILES string of the molecule is COCC(C)CNS(=O)(=O)c1c(N)ccc(C)c1C. The van der Waals surface area contributed by atoms with Crippen molar-refractivity contribution in [2.45, 2.75) is 25.7 Å². The summed E-state index contributed by atoms with van der Waals surface area (Å²) in [5.74, 6) is 0.103. The fraction of sp³-hybridized carbons (Fsp3) is 0.538. The minimum absolute atomic E-state index is 0.103. The van der Waals surface area contributed by atoms with Crippen molar-refractivity contribution in [3.8, 4) is 0 Å². The Bertz CT molecular complexity index is 541. The van der Waals surface area contributed by atoms with Gasteiger partial charge in [0.25, 0.3) is 0 Å². The zero-order valence-electron chi connectivity index (χ0n) is 11.9. The number of benzene rings is 1. The molecule has 0 saturated heterocycles. The van der Waals surface area contributed by atoms with Crippen LogP contribution in [0.5, 0.6) is 0 Å². The molecule has 0 aliphatic heterocycles. The van der Waals surface area contributed by atoms with E-state index in [9.17, 15) is 8.42 Å². The standard InChI is InChI=1S/C13H22N2O3S/c1-9(8-18-4)7-15-19(16,17)13-11(3)10(2)5-6-12(13)14/h5-6,9,15H,7-8,14H2,1-4H3. The normalized spacial score (nSPS) is 13.5. The largest absolute Gasteiger partial charge is 0.398 e. The van der Waals surface area contributed by atoms with Crippen molar-refractivity contribution in [1.29, 1.82) is 0 Å². The van der Waals surface area contributed by atoms with Gasteiger partial charge in [-0.25, -0.2) is 13.1 Å². The predicted molar refractivity (Wildman–Crippen MR) is 76.6 cm³/mol. The van der Waals surface area contributed by atoms with Gasteiger partial charge in [0.1, 0.15) is 4.90 Å². The van der Waals surface area contributed by atoms with E-state index in [1.807, 2.05) is 19.9 Å². The molecule has 0 aliphatic carbocycles. The fourth-order valence-electron chi connectivity index (χ4n) is 1.84. The van der Waals surface area contributed by atoms with Gasteiger partial charge in [0.05, 0.1) is 5.69 Å². The average molecular weight is 286 g/mol. The molecule has 19 heavy (non-hydrogen) atoms. The molecule has 6 heteroatoms. The van der Waals surface area contributed by atoms with Gasteiger partial charge in [-0.15, -0.1) is 0 Å². The third-order valence-corrected chi connectivity index (χ3v) is 4.67. The van der Waals surface area contributed by atoms with E-state index in [1.165, 1.54) is 0 Å². The summed E-state index contributed by atoms with van der Waals surface area (Å²) in [6.45, 7) is 6.37. The quantitative estimate of drug-likeness (QED) is 0.775. The second-order valence-corrected chi connectivity index (χ2v) is 6.54. The molecule has 1 aromatic carbocycles. The van der Waals surface area contributed by atoms with Crippen molar-refractivity contribution in [3.63, 3.8) is 0 Å². The van der Waals surface area contributed by atoms with Crippen LogP contribution in [-0.4, -0.2) is 28.7 Å². The van der Waals surface area contributed by atoms with Crippen molar-refractivity contribution >= 4 is 15.7 Å². The first kappa shape index (κ1) is 15.9. The predicted octanol–water partition coefficient (Wildman–Crippen LogP) is 1.45. The van der Waals surface area contributed by atoms with Crippen LogP contribution in [0.25, 0.3) is 0 Å². The number of hydrogen-bond donors (Lipinski definition) is 2. The Labute approximate surface area is 115 Å². The summed E-state index contributed by atoms with van der Waals surface area (Å²) in [6, 6.07) is 3.44. The number of nitrogen functional groups attached to an aromatic ring is 1. The van der Waals surface area contributed by atoms with Crippen LogP contribution in [0.3, 0.4) is 0 Å². The van der Waals surface area contributed by atoms with Gasteiger partial charge in [0.2, 0.25) is 10.0 Å². The highest BCUT2D eigenvalue weighted by Crippen LogP contribution is 2.25. The molecule has 3 N–H and O–H groups in total. The van der Waals surface area contributed by atoms with E-state index in [0.29, 0.717) is 18.7 Å². The Kier molecular flexibility index (Phi) is 5.34. The lowest BCUT2D eigenvalue weighted by molar-refractivity contribution is 0.161. The maximum Gasteiger partial charge on any atom is 0.242 e. The van der Waals surface area contributed by atoms with E-state index in [1.54, 1.807) is 20.1 Å². The van der Waals surface area contributed by atoms with Gasteiger partial charge in [0.15, 0.2) is 0 Å². The second-order valence-electron chi connectivity index (χ2n) is 4.84. The highest BCUT2D eigenvalue weighted by molar-refractivity contribution is 7.89. The lowest BCUT2D eigenvalue weighted by Crippen LogP contribution is -2.31. The van der Waals surface area contributed by atoms with Crippen molar-refractivity contribution in [2.24, 2.45) is 5.92 Å². The number of rotatable bonds is 6. The second kappa shape index (κ2) is 6.36. The summed E-state index contributed by atoms with van der Waals surface area (Å²) in [5, 5.41) is 0. The molecular formula is C13H22N2O3S. The van der Waals surface area contributed by atoms with Crippen LogP contribution in [0.1, 0.15) is 18.1 Å².